The topological polar surface area (TPSA) is 65.5 Å². The first-order valence-electron chi connectivity index (χ1n) is 10.2. The Hall–Kier alpha value is -1.63. The van der Waals surface area contributed by atoms with Gasteiger partial charge in [-0.15, -0.1) is 0 Å². The molecule has 2 bridgehead atoms. The normalized spacial score (nSPS) is 32.4. The van der Waals surface area contributed by atoms with Crippen molar-refractivity contribution in [1.29, 1.82) is 0 Å². The Kier molecular flexibility index (Phi) is 4.69. The summed E-state index contributed by atoms with van der Waals surface area (Å²) in [5, 5.41) is 4.04. The number of thiazole rings is 1. The predicted molar refractivity (Wildman–Crippen MR) is 107 cm³/mol. The summed E-state index contributed by atoms with van der Waals surface area (Å²) in [6.45, 7) is 9.40. The van der Waals surface area contributed by atoms with Crippen molar-refractivity contribution < 1.29 is 9.59 Å². The minimum Gasteiger partial charge on any atom is -0.362 e. The average molecular weight is 391 g/mol. The van der Waals surface area contributed by atoms with Crippen molar-refractivity contribution in [2.24, 2.45) is 5.41 Å². The van der Waals surface area contributed by atoms with E-state index in [9.17, 15) is 9.59 Å². The molecule has 3 aliphatic rings. The molecular formula is C20H30N4O2S. The van der Waals surface area contributed by atoms with Crippen molar-refractivity contribution in [3.8, 4) is 0 Å². The monoisotopic (exact) mass is 390 g/mol. The van der Waals surface area contributed by atoms with E-state index in [1.807, 2.05) is 13.8 Å². The molecule has 3 heterocycles. The Morgan fingerprint density at radius 3 is 2.67 bits per heavy atom. The molecular weight excluding hydrogens is 360 g/mol. The van der Waals surface area contributed by atoms with Crippen LogP contribution in [0.3, 0.4) is 0 Å². The van der Waals surface area contributed by atoms with Gasteiger partial charge in [0.25, 0.3) is 5.91 Å². The number of anilines is 1. The zero-order valence-electron chi connectivity index (χ0n) is 16.7. The van der Waals surface area contributed by atoms with Crippen LogP contribution in [0.15, 0.2) is 0 Å². The molecule has 0 spiro atoms. The van der Waals surface area contributed by atoms with Crippen molar-refractivity contribution in [2.45, 2.75) is 77.9 Å². The van der Waals surface area contributed by atoms with E-state index < -0.39 is 0 Å². The highest BCUT2D eigenvalue weighted by Crippen LogP contribution is 2.53. The van der Waals surface area contributed by atoms with Gasteiger partial charge < -0.3 is 15.1 Å². The second-order valence-corrected chi connectivity index (χ2v) is 9.53. The summed E-state index contributed by atoms with van der Waals surface area (Å²) < 4.78 is 0. The van der Waals surface area contributed by atoms with Gasteiger partial charge in [-0.05, 0) is 33.1 Å². The number of carbonyl (C=O) groups excluding carboxylic acids is 2. The van der Waals surface area contributed by atoms with Gasteiger partial charge in [-0.3, -0.25) is 9.59 Å². The minimum atomic E-state index is 0.00381. The standard InChI is InChI=1S/C20H30N4O2S/c1-5-21-19-22-12(2)17(27-19)18(26)23-11-14-10-20(4)15(23)8-6-7-9-16(20)24(14)13(3)25/h14-16H,5-11H2,1-4H3,(H,21,22)/t14-,15+,16-,20+/m0/s1. The number of aryl methyl sites for hydroxylation is 1. The fourth-order valence-electron chi connectivity index (χ4n) is 5.82. The summed E-state index contributed by atoms with van der Waals surface area (Å²) in [4.78, 5) is 35.4. The van der Waals surface area contributed by atoms with E-state index in [1.54, 1.807) is 6.92 Å². The second-order valence-electron chi connectivity index (χ2n) is 8.53. The molecule has 2 saturated heterocycles. The van der Waals surface area contributed by atoms with Gasteiger partial charge in [0, 0.05) is 37.5 Å². The fourth-order valence-corrected chi connectivity index (χ4v) is 6.81. The maximum Gasteiger partial charge on any atom is 0.266 e. The van der Waals surface area contributed by atoms with Gasteiger partial charge >= 0.3 is 0 Å². The number of aromatic nitrogens is 1. The quantitative estimate of drug-likeness (QED) is 0.860. The molecule has 0 unspecified atom stereocenters. The molecule has 1 saturated carbocycles. The van der Waals surface area contributed by atoms with E-state index in [0.717, 1.165) is 54.4 Å². The lowest BCUT2D eigenvalue weighted by molar-refractivity contribution is -0.132. The number of rotatable bonds is 3. The van der Waals surface area contributed by atoms with Crippen molar-refractivity contribution in [2.75, 3.05) is 18.4 Å². The van der Waals surface area contributed by atoms with Crippen LogP contribution in [-0.4, -0.2) is 57.8 Å². The van der Waals surface area contributed by atoms with E-state index in [0.29, 0.717) is 6.54 Å². The Morgan fingerprint density at radius 2 is 2.00 bits per heavy atom. The average Bonchev–Trinajstić information content (AvgIpc) is 3.02. The zero-order valence-corrected chi connectivity index (χ0v) is 17.6. The Morgan fingerprint density at radius 1 is 1.30 bits per heavy atom. The summed E-state index contributed by atoms with van der Waals surface area (Å²) in [5.41, 5.74) is 0.807. The summed E-state index contributed by atoms with van der Waals surface area (Å²) in [5.74, 6) is 0.258. The third-order valence-corrected chi connectivity index (χ3v) is 7.96. The van der Waals surface area contributed by atoms with Gasteiger partial charge in [0.2, 0.25) is 5.91 Å². The Labute approximate surface area is 165 Å². The molecule has 1 N–H and O–H groups in total. The number of amides is 2. The number of likely N-dealkylation sites (tertiary alicyclic amines) is 2. The Balaban J connectivity index is 1.70. The highest BCUT2D eigenvalue weighted by atomic mass is 32.1. The van der Waals surface area contributed by atoms with Gasteiger partial charge in [0.15, 0.2) is 5.13 Å². The fraction of sp³-hybridized carbons (Fsp3) is 0.750. The first-order chi connectivity index (χ1) is 12.9. The predicted octanol–water partition coefficient (Wildman–Crippen LogP) is 3.28. The lowest BCUT2D eigenvalue weighted by Gasteiger charge is -2.46. The van der Waals surface area contributed by atoms with Crippen LogP contribution < -0.4 is 5.32 Å². The summed E-state index contributed by atoms with van der Waals surface area (Å²) in [6.07, 6.45) is 5.39. The molecule has 148 valence electrons. The van der Waals surface area contributed by atoms with Crippen molar-refractivity contribution in [3.63, 3.8) is 0 Å². The smallest absolute Gasteiger partial charge is 0.266 e. The molecule has 27 heavy (non-hydrogen) atoms. The van der Waals surface area contributed by atoms with Crippen LogP contribution in [-0.2, 0) is 4.79 Å². The number of nitrogens with one attached hydrogen (secondary N) is 1. The molecule has 4 atom stereocenters. The van der Waals surface area contributed by atoms with Gasteiger partial charge in [-0.2, -0.15) is 0 Å². The van der Waals surface area contributed by atoms with Crippen LogP contribution >= 0.6 is 11.3 Å². The first-order valence-corrected chi connectivity index (χ1v) is 11.0. The van der Waals surface area contributed by atoms with E-state index in [-0.39, 0.29) is 35.4 Å². The number of nitrogens with zero attached hydrogens (tertiary/aromatic N) is 3. The highest BCUT2D eigenvalue weighted by molar-refractivity contribution is 7.17. The molecule has 7 heteroatoms. The molecule has 0 aromatic carbocycles. The van der Waals surface area contributed by atoms with E-state index in [4.69, 9.17) is 0 Å². The van der Waals surface area contributed by atoms with Crippen LogP contribution in [0.25, 0.3) is 0 Å². The molecule has 2 aliphatic heterocycles. The molecule has 4 rings (SSSR count). The third kappa shape index (κ3) is 2.85. The first kappa shape index (κ1) is 18.7. The van der Waals surface area contributed by atoms with Gasteiger partial charge in [0.05, 0.1) is 11.7 Å². The number of hydrogen-bond acceptors (Lipinski definition) is 5. The molecule has 3 fully saturated rings. The van der Waals surface area contributed by atoms with Gasteiger partial charge in [-0.25, -0.2) is 4.98 Å². The van der Waals surface area contributed by atoms with Crippen LogP contribution in [0.5, 0.6) is 0 Å². The lowest BCUT2D eigenvalue weighted by Crippen LogP contribution is -2.55. The maximum atomic E-state index is 13.6. The van der Waals surface area contributed by atoms with Crippen LogP contribution in [0.4, 0.5) is 5.13 Å². The molecule has 1 aliphatic carbocycles. The van der Waals surface area contributed by atoms with Gasteiger partial charge in [-0.1, -0.05) is 31.1 Å². The maximum absolute atomic E-state index is 13.6. The van der Waals surface area contributed by atoms with E-state index in [1.165, 1.54) is 11.3 Å². The minimum absolute atomic E-state index is 0.00381. The number of carbonyl (C=O) groups is 2. The highest BCUT2D eigenvalue weighted by Gasteiger charge is 2.60. The summed E-state index contributed by atoms with van der Waals surface area (Å²) >= 11 is 1.46. The van der Waals surface area contributed by atoms with E-state index in [2.05, 4.69) is 27.0 Å². The van der Waals surface area contributed by atoms with Crippen molar-refractivity contribution in [1.82, 2.24) is 14.8 Å². The van der Waals surface area contributed by atoms with Crippen LogP contribution in [0, 0.1) is 12.3 Å². The Bertz CT molecular complexity index is 763. The second kappa shape index (κ2) is 6.76. The van der Waals surface area contributed by atoms with E-state index >= 15 is 0 Å². The lowest BCUT2D eigenvalue weighted by atomic mass is 9.71. The molecule has 1 aromatic heterocycles. The van der Waals surface area contributed by atoms with Crippen molar-refractivity contribution >= 4 is 28.3 Å². The third-order valence-electron chi connectivity index (χ3n) is 6.86. The molecule has 0 radical (unpaired) electrons. The molecule has 2 amide bonds. The zero-order chi connectivity index (χ0) is 19.3. The summed E-state index contributed by atoms with van der Waals surface area (Å²) in [6, 6.07) is 0.629. The number of fused-ring (bicyclic) bond motifs is 1. The summed E-state index contributed by atoms with van der Waals surface area (Å²) in [7, 11) is 0. The number of piperidine rings is 1. The SMILES string of the molecule is CCNc1nc(C)c(C(=O)N2C[C@@H]3C[C@@]4(C)[C@H](CCCC[C@@H]24)N3C(C)=O)s1. The van der Waals surface area contributed by atoms with Crippen LogP contribution in [0.2, 0.25) is 0 Å². The van der Waals surface area contributed by atoms with Gasteiger partial charge in [0.1, 0.15) is 4.88 Å². The van der Waals surface area contributed by atoms with Crippen molar-refractivity contribution in [3.05, 3.63) is 10.6 Å². The molecule has 1 aromatic rings. The largest absolute Gasteiger partial charge is 0.362 e. The van der Waals surface area contributed by atoms with Crippen LogP contribution in [0.1, 0.15) is 68.2 Å². The molecule has 6 nitrogen and oxygen atoms in total. The number of hydrogen-bond donors (Lipinski definition) is 1.